The van der Waals surface area contributed by atoms with Gasteiger partial charge in [-0.2, -0.15) is 0 Å². The fraction of sp³-hybridized carbons (Fsp3) is 0.667. The highest BCUT2D eigenvalue weighted by Gasteiger charge is 2.20. The largest absolute Gasteiger partial charge is 0.328 e. The summed E-state index contributed by atoms with van der Waals surface area (Å²) in [6.45, 7) is 2.25. The van der Waals surface area contributed by atoms with Crippen LogP contribution in [-0.4, -0.2) is 12.1 Å². The Balaban J connectivity index is 1.82. The summed E-state index contributed by atoms with van der Waals surface area (Å²) in [5, 5.41) is 5.84. The fourth-order valence-corrected chi connectivity index (χ4v) is 3.00. The van der Waals surface area contributed by atoms with E-state index < -0.39 is 0 Å². The van der Waals surface area contributed by atoms with Crippen LogP contribution in [0, 0.1) is 0 Å². The number of nitrogens with one attached hydrogen (secondary N) is 1. The van der Waals surface area contributed by atoms with Crippen molar-refractivity contribution in [3.63, 3.8) is 0 Å². The van der Waals surface area contributed by atoms with E-state index in [1.807, 2.05) is 11.3 Å². The SMILES string of the molecule is C[C@@H](NC1CCC(N)CC1)c1cccs1. The van der Waals surface area contributed by atoms with Crippen molar-refractivity contribution < 1.29 is 0 Å². The first kappa shape index (κ1) is 11.1. The molecule has 0 spiro atoms. The van der Waals surface area contributed by atoms with Crippen LogP contribution in [-0.2, 0) is 0 Å². The summed E-state index contributed by atoms with van der Waals surface area (Å²) in [4.78, 5) is 1.44. The van der Waals surface area contributed by atoms with E-state index in [0.717, 1.165) is 0 Å². The predicted molar refractivity (Wildman–Crippen MR) is 66.1 cm³/mol. The van der Waals surface area contributed by atoms with Gasteiger partial charge in [-0.25, -0.2) is 0 Å². The van der Waals surface area contributed by atoms with Crippen LogP contribution in [0.25, 0.3) is 0 Å². The molecular weight excluding hydrogens is 204 g/mol. The van der Waals surface area contributed by atoms with Crippen LogP contribution in [0.2, 0.25) is 0 Å². The highest BCUT2D eigenvalue weighted by Crippen LogP contribution is 2.23. The number of rotatable bonds is 3. The Morgan fingerprint density at radius 1 is 1.40 bits per heavy atom. The van der Waals surface area contributed by atoms with Crippen LogP contribution in [0.15, 0.2) is 17.5 Å². The van der Waals surface area contributed by atoms with Gasteiger partial charge in [-0.15, -0.1) is 11.3 Å². The molecule has 0 aromatic carbocycles. The predicted octanol–water partition coefficient (Wildman–Crippen LogP) is 2.67. The van der Waals surface area contributed by atoms with Gasteiger partial charge in [0.05, 0.1) is 0 Å². The molecule has 3 N–H and O–H groups in total. The zero-order valence-corrected chi connectivity index (χ0v) is 10.1. The third-order valence-electron chi connectivity index (χ3n) is 3.23. The van der Waals surface area contributed by atoms with Crippen LogP contribution in [0.1, 0.15) is 43.5 Å². The van der Waals surface area contributed by atoms with Crippen molar-refractivity contribution in [3.8, 4) is 0 Å². The molecule has 0 saturated heterocycles. The first-order valence-electron chi connectivity index (χ1n) is 5.80. The van der Waals surface area contributed by atoms with E-state index in [1.54, 1.807) is 0 Å². The highest BCUT2D eigenvalue weighted by atomic mass is 32.1. The second kappa shape index (κ2) is 5.10. The lowest BCUT2D eigenvalue weighted by Crippen LogP contribution is -2.38. The second-order valence-corrected chi connectivity index (χ2v) is 5.49. The fourth-order valence-electron chi connectivity index (χ4n) is 2.26. The average molecular weight is 224 g/mol. The zero-order chi connectivity index (χ0) is 10.7. The molecule has 0 unspecified atom stereocenters. The van der Waals surface area contributed by atoms with Crippen molar-refractivity contribution in [1.29, 1.82) is 0 Å². The molecule has 1 fully saturated rings. The quantitative estimate of drug-likeness (QED) is 0.828. The third-order valence-corrected chi connectivity index (χ3v) is 4.28. The monoisotopic (exact) mass is 224 g/mol. The Bertz CT molecular complexity index is 276. The zero-order valence-electron chi connectivity index (χ0n) is 9.28. The third kappa shape index (κ3) is 3.03. The summed E-state index contributed by atoms with van der Waals surface area (Å²) in [6, 6.07) is 5.93. The topological polar surface area (TPSA) is 38.0 Å². The van der Waals surface area contributed by atoms with Crippen LogP contribution in [0.5, 0.6) is 0 Å². The summed E-state index contributed by atoms with van der Waals surface area (Å²) in [5.74, 6) is 0. The van der Waals surface area contributed by atoms with Crippen LogP contribution in [0.4, 0.5) is 0 Å². The Kier molecular flexibility index (Phi) is 3.78. The molecular formula is C12H20N2S. The number of thiophene rings is 1. The minimum Gasteiger partial charge on any atom is -0.328 e. The van der Waals surface area contributed by atoms with Crippen LogP contribution < -0.4 is 11.1 Å². The summed E-state index contributed by atoms with van der Waals surface area (Å²) in [6.07, 6.45) is 4.82. The van der Waals surface area contributed by atoms with Gasteiger partial charge in [-0.05, 0) is 44.1 Å². The van der Waals surface area contributed by atoms with E-state index in [1.165, 1.54) is 30.6 Å². The van der Waals surface area contributed by atoms with Crippen molar-refractivity contribution in [3.05, 3.63) is 22.4 Å². The Hall–Kier alpha value is -0.380. The molecule has 1 aromatic heterocycles. The van der Waals surface area contributed by atoms with E-state index in [4.69, 9.17) is 5.73 Å². The van der Waals surface area contributed by atoms with E-state index in [-0.39, 0.29) is 0 Å². The van der Waals surface area contributed by atoms with Gasteiger partial charge in [0.25, 0.3) is 0 Å². The smallest absolute Gasteiger partial charge is 0.0388 e. The van der Waals surface area contributed by atoms with Gasteiger partial charge in [-0.1, -0.05) is 6.07 Å². The maximum atomic E-state index is 5.90. The minimum atomic E-state index is 0.445. The molecule has 1 aliphatic rings. The Morgan fingerprint density at radius 2 is 2.13 bits per heavy atom. The molecule has 1 atom stereocenters. The molecule has 1 heterocycles. The molecule has 15 heavy (non-hydrogen) atoms. The molecule has 84 valence electrons. The number of hydrogen-bond donors (Lipinski definition) is 2. The molecule has 3 heteroatoms. The molecule has 0 aliphatic heterocycles. The van der Waals surface area contributed by atoms with E-state index >= 15 is 0 Å². The maximum absolute atomic E-state index is 5.90. The van der Waals surface area contributed by atoms with Crippen molar-refractivity contribution in [2.45, 2.75) is 50.7 Å². The van der Waals surface area contributed by atoms with Gasteiger partial charge in [0.1, 0.15) is 0 Å². The Morgan fingerprint density at radius 3 is 2.73 bits per heavy atom. The first-order chi connectivity index (χ1) is 7.25. The normalized spacial score (nSPS) is 28.9. The molecule has 1 aromatic rings. The van der Waals surface area contributed by atoms with E-state index in [9.17, 15) is 0 Å². The van der Waals surface area contributed by atoms with Crippen molar-refractivity contribution in [2.75, 3.05) is 0 Å². The van der Waals surface area contributed by atoms with E-state index in [0.29, 0.717) is 18.1 Å². The second-order valence-electron chi connectivity index (χ2n) is 4.52. The van der Waals surface area contributed by atoms with Gasteiger partial charge >= 0.3 is 0 Å². The van der Waals surface area contributed by atoms with Crippen molar-refractivity contribution >= 4 is 11.3 Å². The van der Waals surface area contributed by atoms with Crippen molar-refractivity contribution in [2.24, 2.45) is 5.73 Å². The van der Waals surface area contributed by atoms with Gasteiger partial charge in [-0.3, -0.25) is 0 Å². The summed E-state index contributed by atoms with van der Waals surface area (Å²) < 4.78 is 0. The highest BCUT2D eigenvalue weighted by molar-refractivity contribution is 7.10. The first-order valence-corrected chi connectivity index (χ1v) is 6.68. The molecule has 1 aliphatic carbocycles. The lowest BCUT2D eigenvalue weighted by atomic mass is 9.91. The van der Waals surface area contributed by atoms with Gasteiger partial charge < -0.3 is 11.1 Å². The number of hydrogen-bond acceptors (Lipinski definition) is 3. The molecule has 2 nitrogen and oxygen atoms in total. The maximum Gasteiger partial charge on any atom is 0.0388 e. The van der Waals surface area contributed by atoms with Gasteiger partial charge in [0.2, 0.25) is 0 Å². The summed E-state index contributed by atoms with van der Waals surface area (Å²) >= 11 is 1.83. The molecule has 0 bridgehead atoms. The van der Waals surface area contributed by atoms with Crippen LogP contribution >= 0.6 is 11.3 Å². The minimum absolute atomic E-state index is 0.445. The van der Waals surface area contributed by atoms with Gasteiger partial charge in [0, 0.05) is 23.0 Å². The standard InChI is InChI=1S/C12H20N2S/c1-9(12-3-2-8-15-12)14-11-6-4-10(13)5-7-11/h2-3,8-11,14H,4-7,13H2,1H3/t9-,10?,11?/m1/s1. The molecule has 0 radical (unpaired) electrons. The summed E-state index contributed by atoms with van der Waals surface area (Å²) in [7, 11) is 0. The van der Waals surface area contributed by atoms with Crippen LogP contribution in [0.3, 0.4) is 0 Å². The summed E-state index contributed by atoms with van der Waals surface area (Å²) in [5.41, 5.74) is 5.90. The lowest BCUT2D eigenvalue weighted by Gasteiger charge is -2.29. The molecule has 1 saturated carbocycles. The van der Waals surface area contributed by atoms with Crippen molar-refractivity contribution in [1.82, 2.24) is 5.32 Å². The number of nitrogens with two attached hydrogens (primary N) is 1. The molecule has 0 amide bonds. The van der Waals surface area contributed by atoms with E-state index in [2.05, 4.69) is 29.8 Å². The average Bonchev–Trinajstić information content (AvgIpc) is 2.74. The lowest BCUT2D eigenvalue weighted by molar-refractivity contribution is 0.323. The Labute approximate surface area is 95.9 Å². The van der Waals surface area contributed by atoms with Gasteiger partial charge in [0.15, 0.2) is 0 Å². The molecule has 2 rings (SSSR count).